The topological polar surface area (TPSA) is 156 Å². The van der Waals surface area contributed by atoms with Gasteiger partial charge in [-0.2, -0.15) is 0 Å². The Bertz CT molecular complexity index is 1460. The van der Waals surface area contributed by atoms with Crippen LogP contribution in [0.15, 0.2) is 47.5 Å². The Morgan fingerprint density at radius 1 is 1.10 bits per heavy atom. The Labute approximate surface area is 293 Å². The van der Waals surface area contributed by atoms with Crippen LogP contribution in [0.1, 0.15) is 129 Å². The normalized spacial score (nSPS) is 20.1. The van der Waals surface area contributed by atoms with E-state index in [1.165, 1.54) is 0 Å². The van der Waals surface area contributed by atoms with E-state index >= 15 is 0 Å². The van der Waals surface area contributed by atoms with Crippen LogP contribution < -0.4 is 21.9 Å². The third-order valence-electron chi connectivity index (χ3n) is 9.25. The highest BCUT2D eigenvalue weighted by Crippen LogP contribution is 2.50. The summed E-state index contributed by atoms with van der Waals surface area (Å²) in [4.78, 5) is 34.8. The van der Waals surface area contributed by atoms with Gasteiger partial charge in [0, 0.05) is 11.1 Å². The maximum Gasteiger partial charge on any atom is 0.275 e. The predicted octanol–water partition coefficient (Wildman–Crippen LogP) is 8.72. The molecule has 2 aliphatic rings. The van der Waals surface area contributed by atoms with Gasteiger partial charge >= 0.3 is 0 Å². The predicted molar refractivity (Wildman–Crippen MR) is 199 cm³/mol. The summed E-state index contributed by atoms with van der Waals surface area (Å²) in [5.74, 6) is 0.626. The van der Waals surface area contributed by atoms with E-state index < -0.39 is 5.66 Å². The molecule has 2 aromatic rings. The van der Waals surface area contributed by atoms with Crippen LogP contribution in [-0.2, 0) is 4.79 Å². The maximum absolute atomic E-state index is 14.7. The molecular weight excluding hydrogens is 624 g/mol. The summed E-state index contributed by atoms with van der Waals surface area (Å²) >= 11 is 6.66. The van der Waals surface area contributed by atoms with Crippen LogP contribution in [0.3, 0.4) is 0 Å². The van der Waals surface area contributed by atoms with E-state index in [1.807, 2.05) is 38.1 Å². The molecule has 2 aromatic carbocycles. The summed E-state index contributed by atoms with van der Waals surface area (Å²) in [6.07, 6.45) is 5.14. The van der Waals surface area contributed by atoms with Crippen LogP contribution in [0.5, 0.6) is 5.75 Å². The van der Waals surface area contributed by atoms with Gasteiger partial charge in [0.1, 0.15) is 23.0 Å². The van der Waals surface area contributed by atoms with E-state index in [0.717, 1.165) is 44.1 Å². The summed E-state index contributed by atoms with van der Waals surface area (Å²) in [5.41, 5.74) is 7.55. The van der Waals surface area contributed by atoms with Crippen LogP contribution in [0.25, 0.3) is 0 Å². The lowest BCUT2D eigenvalue weighted by Crippen LogP contribution is -2.51. The van der Waals surface area contributed by atoms with Gasteiger partial charge in [-0.3, -0.25) is 20.0 Å². The second-order valence-corrected chi connectivity index (χ2v) is 15.9. The molecule has 2 amide bonds. The molecule has 4 rings (SSSR count). The lowest BCUT2D eigenvalue weighted by atomic mass is 9.69. The Morgan fingerprint density at radius 2 is 1.71 bits per heavy atom. The number of benzene rings is 2. The van der Waals surface area contributed by atoms with Crippen molar-refractivity contribution in [3.63, 3.8) is 0 Å². The maximum atomic E-state index is 14.7. The van der Waals surface area contributed by atoms with Crippen molar-refractivity contribution in [2.24, 2.45) is 27.5 Å². The Hall–Kier alpha value is -3.43. The van der Waals surface area contributed by atoms with E-state index in [2.05, 4.69) is 51.8 Å². The van der Waals surface area contributed by atoms with Gasteiger partial charge in [0.2, 0.25) is 0 Å². The van der Waals surface area contributed by atoms with Crippen molar-refractivity contribution in [2.75, 3.05) is 6.54 Å². The van der Waals surface area contributed by atoms with Crippen LogP contribution >= 0.6 is 11.6 Å². The average Bonchev–Trinajstić information content (AvgIpc) is 3.23. The van der Waals surface area contributed by atoms with E-state index in [-0.39, 0.29) is 60.7 Å². The minimum Gasteiger partial charge on any atom is -0.489 e. The van der Waals surface area contributed by atoms with E-state index in [9.17, 15) is 9.59 Å². The van der Waals surface area contributed by atoms with Crippen molar-refractivity contribution < 1.29 is 14.3 Å². The smallest absolute Gasteiger partial charge is 0.275 e. The summed E-state index contributed by atoms with van der Waals surface area (Å²) in [7, 11) is 0. The van der Waals surface area contributed by atoms with Crippen LogP contribution in [0, 0.1) is 22.2 Å². The van der Waals surface area contributed by atoms with Crippen LogP contribution in [0.4, 0.5) is 0 Å². The number of carbonyl (C=O) groups is 2. The van der Waals surface area contributed by atoms with Crippen LogP contribution in [-0.4, -0.2) is 46.6 Å². The Morgan fingerprint density at radius 3 is 2.21 bits per heavy atom. The second kappa shape index (κ2) is 15.9. The van der Waals surface area contributed by atoms with Crippen molar-refractivity contribution in [2.45, 2.75) is 119 Å². The fourth-order valence-corrected chi connectivity index (χ4v) is 6.90. The van der Waals surface area contributed by atoms with Gasteiger partial charge in [0.15, 0.2) is 0 Å². The Kier molecular flexibility index (Phi) is 13.5. The molecule has 1 saturated carbocycles. The molecule has 48 heavy (non-hydrogen) atoms. The van der Waals surface area contributed by atoms with Gasteiger partial charge in [-0.05, 0) is 105 Å². The van der Waals surface area contributed by atoms with Gasteiger partial charge < -0.3 is 26.8 Å². The summed E-state index contributed by atoms with van der Waals surface area (Å²) in [6.45, 7) is 17.4. The van der Waals surface area contributed by atoms with E-state index in [1.54, 1.807) is 18.2 Å². The van der Waals surface area contributed by atoms with Crippen molar-refractivity contribution in [1.82, 2.24) is 16.4 Å². The molecule has 0 radical (unpaired) electrons. The lowest BCUT2D eigenvalue weighted by Gasteiger charge is -2.47. The molecule has 9 nitrogen and oxygen atoms in total. The number of hydrogen-bond donors (Lipinski definition) is 4. The number of halogens is 1. The largest absolute Gasteiger partial charge is 0.489 e. The first kappa shape index (κ1) is 40.7. The lowest BCUT2D eigenvalue weighted by molar-refractivity contribution is -0.134. The molecule has 7 N–H and O–H groups in total. The van der Waals surface area contributed by atoms with Crippen molar-refractivity contribution >= 4 is 35.0 Å². The Balaban J connectivity index is 0.00000400. The minimum absolute atomic E-state index is 0. The molecular formula is C38H59ClN6O3. The molecule has 0 bridgehead atoms. The molecule has 10 heteroatoms. The highest BCUT2D eigenvalue weighted by molar-refractivity contribution is 6.47. The van der Waals surface area contributed by atoms with Gasteiger partial charge in [0.05, 0.1) is 23.7 Å². The van der Waals surface area contributed by atoms with Crippen molar-refractivity contribution in [3.05, 3.63) is 64.2 Å². The first-order valence-electron chi connectivity index (χ1n) is 16.5. The average molecular weight is 683 g/mol. The minimum atomic E-state index is -0.673. The number of ether oxygens (including phenoxy) is 1. The summed E-state index contributed by atoms with van der Waals surface area (Å²) in [6, 6.07) is 12.7. The molecule has 1 fully saturated rings. The molecule has 1 heterocycles. The van der Waals surface area contributed by atoms with Crippen molar-refractivity contribution in [1.29, 1.82) is 5.41 Å². The quantitative estimate of drug-likeness (QED) is 0.146. The monoisotopic (exact) mass is 682 g/mol. The number of nitrogens with one attached hydrogen (secondary N) is 2. The van der Waals surface area contributed by atoms with Gasteiger partial charge in [-0.15, -0.1) is 0 Å². The number of carbonyl (C=O) groups excluding carboxylic acids is 2. The first-order valence-corrected chi connectivity index (χ1v) is 16.9. The fourth-order valence-electron chi connectivity index (χ4n) is 6.68. The zero-order chi connectivity index (χ0) is 34.0. The first-order chi connectivity index (χ1) is 21.4. The SMILES string of the molecule is C.CC(C)Oc1ccc(C2=NC3(CCC(C(C)(C)C)CC3)N([C@H](CCC(C)(C)C)c3ccc(C(=O)NCC(=N)N)cc3)C2=O)cc1Cl.N. The molecule has 0 aromatic heterocycles. The number of rotatable bonds is 10. The van der Waals surface area contributed by atoms with Gasteiger partial charge in [0.25, 0.3) is 11.8 Å². The highest BCUT2D eigenvalue weighted by atomic mass is 35.5. The number of nitrogens with zero attached hydrogens (tertiary/aromatic N) is 2. The van der Waals surface area contributed by atoms with Crippen LogP contribution in [0.2, 0.25) is 5.02 Å². The zero-order valence-corrected chi connectivity index (χ0v) is 30.3. The number of hydrogen-bond acceptors (Lipinski definition) is 6. The van der Waals surface area contributed by atoms with Gasteiger partial charge in [-0.25, -0.2) is 0 Å². The standard InChI is InChI=1S/C37H52ClN5O3.CH4.H3N/c1-23(2)46-30-14-13-26(21-28(30)38)32-34(45)43(37(42-32)19-15-27(16-20-37)36(6,7)8)29(17-18-35(3,4)5)24-9-11-25(12-10-24)33(44)41-22-31(39)40;;/h9-14,21,23,27,29H,15-20,22H2,1-8H3,(H3,39,40)(H,41,44);1H4;1H3/t27?,29-,37?;;/m1../s1. The molecule has 1 spiro atoms. The van der Waals surface area contributed by atoms with Gasteiger partial charge in [-0.1, -0.05) is 72.7 Å². The highest BCUT2D eigenvalue weighted by Gasteiger charge is 2.52. The molecule has 1 atom stereocenters. The molecule has 0 saturated heterocycles. The van der Waals surface area contributed by atoms with Crippen molar-refractivity contribution in [3.8, 4) is 5.75 Å². The number of nitrogens with two attached hydrogens (primary N) is 1. The fraction of sp³-hybridized carbons (Fsp3) is 0.579. The molecule has 266 valence electrons. The number of amidine groups is 1. The molecule has 0 unspecified atom stereocenters. The number of aliphatic imine (C=N–C) groups is 1. The third kappa shape index (κ3) is 9.59. The molecule has 1 aliphatic carbocycles. The van der Waals surface area contributed by atoms with E-state index in [0.29, 0.717) is 33.5 Å². The summed E-state index contributed by atoms with van der Waals surface area (Å²) in [5, 5.41) is 10.5. The third-order valence-corrected chi connectivity index (χ3v) is 9.54. The van der Waals surface area contributed by atoms with E-state index in [4.69, 9.17) is 32.5 Å². The zero-order valence-electron chi connectivity index (χ0n) is 29.5. The number of amides is 2. The molecule has 1 aliphatic heterocycles. The second-order valence-electron chi connectivity index (χ2n) is 15.5. The summed E-state index contributed by atoms with van der Waals surface area (Å²) < 4.78 is 5.86.